The van der Waals surface area contributed by atoms with Crippen molar-refractivity contribution in [3.05, 3.63) is 66.2 Å². The van der Waals surface area contributed by atoms with Crippen molar-refractivity contribution in [2.75, 3.05) is 26.4 Å². The topological polar surface area (TPSA) is 49.5 Å². The van der Waals surface area contributed by atoms with Crippen LogP contribution < -0.4 is 9.47 Å². The Morgan fingerprint density at radius 3 is 2.39 bits per heavy atom. The lowest BCUT2D eigenvalue weighted by molar-refractivity contribution is -0.141. The molecule has 0 N–H and O–H groups in total. The van der Waals surface area contributed by atoms with Gasteiger partial charge in [-0.25, -0.2) is 0 Å². The number of para-hydroxylation sites is 1. The lowest BCUT2D eigenvalue weighted by atomic mass is 9.99. The molecule has 2 fully saturated rings. The molecular formula is C23H26O5. The van der Waals surface area contributed by atoms with E-state index in [2.05, 4.69) is 6.58 Å². The van der Waals surface area contributed by atoms with Crippen molar-refractivity contribution in [2.45, 2.75) is 31.8 Å². The van der Waals surface area contributed by atoms with Crippen molar-refractivity contribution in [2.24, 2.45) is 0 Å². The maximum absolute atomic E-state index is 6.05. The first-order chi connectivity index (χ1) is 13.5. The predicted molar refractivity (Wildman–Crippen MR) is 107 cm³/mol. The normalized spacial score (nSPS) is 22.6. The zero-order valence-corrected chi connectivity index (χ0v) is 16.4. The van der Waals surface area contributed by atoms with Gasteiger partial charge in [-0.15, -0.1) is 0 Å². The Kier molecular flexibility index (Phi) is 5.40. The second-order valence-corrected chi connectivity index (χ2v) is 7.53. The SMILES string of the molecule is C=C(c1ccc(OCC2CO2)cc1)c1ccccc1OCC1COC(C)(C)O1. The Balaban J connectivity index is 1.41. The summed E-state index contributed by atoms with van der Waals surface area (Å²) in [6, 6.07) is 15.8. The van der Waals surface area contributed by atoms with Gasteiger partial charge in [-0.3, -0.25) is 0 Å². The number of hydrogen-bond donors (Lipinski definition) is 0. The lowest BCUT2D eigenvalue weighted by Gasteiger charge is -2.18. The number of hydrogen-bond acceptors (Lipinski definition) is 5. The molecule has 2 aromatic rings. The molecule has 0 spiro atoms. The summed E-state index contributed by atoms with van der Waals surface area (Å²) >= 11 is 0. The van der Waals surface area contributed by atoms with Crippen LogP contribution in [0.2, 0.25) is 0 Å². The molecule has 0 bridgehead atoms. The zero-order chi connectivity index (χ0) is 19.6. The minimum atomic E-state index is -0.549. The van der Waals surface area contributed by atoms with Crippen LogP contribution in [0.25, 0.3) is 5.57 Å². The summed E-state index contributed by atoms with van der Waals surface area (Å²) in [7, 11) is 0. The number of rotatable bonds is 8. The van der Waals surface area contributed by atoms with Crippen molar-refractivity contribution in [1.29, 1.82) is 0 Å². The van der Waals surface area contributed by atoms with Crippen LogP contribution in [0.5, 0.6) is 11.5 Å². The molecule has 148 valence electrons. The number of benzene rings is 2. The van der Waals surface area contributed by atoms with Crippen LogP contribution in [0.3, 0.4) is 0 Å². The van der Waals surface area contributed by atoms with Gasteiger partial charge < -0.3 is 23.7 Å². The van der Waals surface area contributed by atoms with Crippen molar-refractivity contribution < 1.29 is 23.7 Å². The van der Waals surface area contributed by atoms with E-state index in [1.54, 1.807) is 0 Å². The van der Waals surface area contributed by atoms with Crippen LogP contribution >= 0.6 is 0 Å². The van der Waals surface area contributed by atoms with Gasteiger partial charge in [0.25, 0.3) is 0 Å². The van der Waals surface area contributed by atoms with E-state index in [9.17, 15) is 0 Å². The first kappa shape index (κ1) is 19.0. The highest BCUT2D eigenvalue weighted by Crippen LogP contribution is 2.31. The Bertz CT molecular complexity index is 823. The number of ether oxygens (including phenoxy) is 5. The van der Waals surface area contributed by atoms with Gasteiger partial charge in [-0.05, 0) is 43.2 Å². The summed E-state index contributed by atoms with van der Waals surface area (Å²) in [6.45, 7) is 10.5. The van der Waals surface area contributed by atoms with Gasteiger partial charge >= 0.3 is 0 Å². The van der Waals surface area contributed by atoms with Gasteiger partial charge in [-0.1, -0.05) is 36.9 Å². The molecule has 2 aliphatic heterocycles. The van der Waals surface area contributed by atoms with Crippen LogP contribution in [-0.2, 0) is 14.2 Å². The van der Waals surface area contributed by atoms with E-state index in [4.69, 9.17) is 23.7 Å². The van der Waals surface area contributed by atoms with E-state index in [-0.39, 0.29) is 12.2 Å². The highest BCUT2D eigenvalue weighted by molar-refractivity contribution is 5.81. The Labute approximate surface area is 165 Å². The second kappa shape index (κ2) is 7.95. The quantitative estimate of drug-likeness (QED) is 0.645. The predicted octanol–water partition coefficient (Wildman–Crippen LogP) is 4.06. The number of epoxide rings is 1. The van der Waals surface area contributed by atoms with E-state index in [1.165, 1.54) is 0 Å². The summed E-state index contributed by atoms with van der Waals surface area (Å²) in [5.74, 6) is 1.07. The van der Waals surface area contributed by atoms with Gasteiger partial charge in [0, 0.05) is 5.56 Å². The van der Waals surface area contributed by atoms with Gasteiger partial charge in [-0.2, -0.15) is 0 Å². The average Bonchev–Trinajstić information content (AvgIpc) is 3.47. The van der Waals surface area contributed by atoms with Gasteiger partial charge in [0.05, 0.1) is 13.2 Å². The van der Waals surface area contributed by atoms with Gasteiger partial charge in [0.2, 0.25) is 0 Å². The van der Waals surface area contributed by atoms with E-state index < -0.39 is 5.79 Å². The molecule has 0 amide bonds. The molecule has 0 aliphatic carbocycles. The largest absolute Gasteiger partial charge is 0.491 e. The molecule has 28 heavy (non-hydrogen) atoms. The summed E-state index contributed by atoms with van der Waals surface area (Å²) in [5, 5.41) is 0. The maximum Gasteiger partial charge on any atom is 0.163 e. The molecule has 0 radical (unpaired) electrons. The van der Waals surface area contributed by atoms with Crippen molar-refractivity contribution >= 4 is 5.57 Å². The maximum atomic E-state index is 6.05. The Morgan fingerprint density at radius 1 is 1.00 bits per heavy atom. The third kappa shape index (κ3) is 4.73. The monoisotopic (exact) mass is 382 g/mol. The molecule has 5 heteroatoms. The minimum absolute atomic E-state index is 0.0804. The lowest BCUT2D eigenvalue weighted by Crippen LogP contribution is -2.25. The zero-order valence-electron chi connectivity index (χ0n) is 16.4. The standard InChI is InChI=1S/C23H26O5/c1-16(17-8-10-18(11-9-17)24-12-19-13-25-19)21-6-4-5-7-22(21)26-14-20-15-27-23(2,3)28-20/h4-11,19-20H,1,12-15H2,2-3H3. The van der Waals surface area contributed by atoms with Gasteiger partial charge in [0.1, 0.15) is 36.9 Å². The molecule has 2 unspecified atom stereocenters. The van der Waals surface area contributed by atoms with Crippen molar-refractivity contribution in [3.63, 3.8) is 0 Å². The fraction of sp³-hybridized carbons (Fsp3) is 0.391. The molecule has 5 nitrogen and oxygen atoms in total. The van der Waals surface area contributed by atoms with Crippen LogP contribution in [-0.4, -0.2) is 44.4 Å². The molecule has 0 saturated carbocycles. The Hall–Kier alpha value is -2.34. The second-order valence-electron chi connectivity index (χ2n) is 7.53. The van der Waals surface area contributed by atoms with Gasteiger partial charge in [0.15, 0.2) is 5.79 Å². The van der Waals surface area contributed by atoms with Crippen LogP contribution in [0.15, 0.2) is 55.1 Å². The molecule has 2 aliphatic rings. The fourth-order valence-corrected chi connectivity index (χ4v) is 3.13. The molecule has 2 aromatic carbocycles. The van der Waals surface area contributed by atoms with E-state index >= 15 is 0 Å². The van der Waals surface area contributed by atoms with Crippen LogP contribution in [0.1, 0.15) is 25.0 Å². The molecule has 2 saturated heterocycles. The molecular weight excluding hydrogens is 356 g/mol. The summed E-state index contributed by atoms with van der Waals surface area (Å²) in [6.07, 6.45) is 0.168. The third-order valence-corrected chi connectivity index (χ3v) is 4.75. The Morgan fingerprint density at radius 2 is 1.71 bits per heavy atom. The van der Waals surface area contributed by atoms with Crippen molar-refractivity contribution in [1.82, 2.24) is 0 Å². The first-order valence-corrected chi connectivity index (χ1v) is 9.58. The molecule has 2 heterocycles. The average molecular weight is 382 g/mol. The highest BCUT2D eigenvalue weighted by atomic mass is 16.7. The summed E-state index contributed by atoms with van der Waals surface area (Å²) in [4.78, 5) is 0. The third-order valence-electron chi connectivity index (χ3n) is 4.75. The highest BCUT2D eigenvalue weighted by Gasteiger charge is 2.33. The van der Waals surface area contributed by atoms with Crippen LogP contribution in [0.4, 0.5) is 0 Å². The summed E-state index contributed by atoms with van der Waals surface area (Å²) < 4.78 is 28.3. The molecule has 2 atom stereocenters. The molecule has 0 aromatic heterocycles. The minimum Gasteiger partial charge on any atom is -0.491 e. The van der Waals surface area contributed by atoms with Crippen LogP contribution in [0, 0.1) is 0 Å². The summed E-state index contributed by atoms with van der Waals surface area (Å²) in [5.41, 5.74) is 2.88. The smallest absolute Gasteiger partial charge is 0.163 e. The van der Waals surface area contributed by atoms with Crippen molar-refractivity contribution in [3.8, 4) is 11.5 Å². The molecule has 4 rings (SSSR count). The van der Waals surface area contributed by atoms with E-state index in [1.807, 2.05) is 62.4 Å². The first-order valence-electron chi connectivity index (χ1n) is 9.58. The van der Waals surface area contributed by atoms with E-state index in [0.717, 1.165) is 34.8 Å². The fourth-order valence-electron chi connectivity index (χ4n) is 3.13. The van der Waals surface area contributed by atoms with E-state index in [0.29, 0.717) is 19.8 Å².